The van der Waals surface area contributed by atoms with Crippen LogP contribution in [0.5, 0.6) is 0 Å². The lowest BCUT2D eigenvalue weighted by Gasteiger charge is -1.97. The molecule has 0 radical (unpaired) electrons. The number of ketones is 1. The molecule has 0 aliphatic rings. The normalized spacial score (nSPS) is 11.9. The fraction of sp³-hybridized carbons (Fsp3) is 0. The maximum Gasteiger partial charge on any atom is 0.182 e. The first-order valence-corrected chi connectivity index (χ1v) is 5.47. The number of allylic oxidation sites excluding steroid dienone is 2. The summed E-state index contributed by atoms with van der Waals surface area (Å²) >= 11 is 0. The van der Waals surface area contributed by atoms with Crippen LogP contribution in [0.15, 0.2) is 65.3 Å². The minimum atomic E-state index is -0.298. The lowest BCUT2D eigenvalue weighted by atomic mass is 10.1. The number of aliphatic hydroxyl groups is 1. The van der Waals surface area contributed by atoms with Gasteiger partial charge in [0.25, 0.3) is 0 Å². The van der Waals surface area contributed by atoms with E-state index in [1.54, 1.807) is 42.5 Å². The monoisotopic (exact) mass is 240 g/mol. The number of benzene rings is 1. The van der Waals surface area contributed by atoms with Crippen molar-refractivity contribution in [3.63, 3.8) is 0 Å². The Morgan fingerprint density at radius 3 is 2.56 bits per heavy atom. The van der Waals surface area contributed by atoms with E-state index in [1.807, 2.05) is 6.07 Å². The molecule has 0 atom stereocenters. The number of hydrogen-bond donors (Lipinski definition) is 1. The van der Waals surface area contributed by atoms with Crippen molar-refractivity contribution in [3.8, 4) is 0 Å². The van der Waals surface area contributed by atoms with Gasteiger partial charge >= 0.3 is 0 Å². The second kappa shape index (κ2) is 5.68. The Labute approximate surface area is 105 Å². The Hall–Kier alpha value is -2.55. The van der Waals surface area contributed by atoms with E-state index in [9.17, 15) is 9.90 Å². The molecule has 0 amide bonds. The van der Waals surface area contributed by atoms with E-state index in [-0.39, 0.29) is 11.5 Å². The smallest absolute Gasteiger partial charge is 0.182 e. The summed E-state index contributed by atoms with van der Waals surface area (Å²) in [5.41, 5.74) is 0.609. The molecular weight excluding hydrogens is 228 g/mol. The summed E-state index contributed by atoms with van der Waals surface area (Å²) in [5.74, 6) is 0.244. The van der Waals surface area contributed by atoms with E-state index in [0.717, 1.165) is 0 Å². The Kier molecular flexibility index (Phi) is 3.76. The topological polar surface area (TPSA) is 50.4 Å². The van der Waals surface area contributed by atoms with Crippen LogP contribution in [-0.2, 0) is 4.79 Å². The minimum absolute atomic E-state index is 0.0512. The molecular formula is C15H12O3. The molecule has 0 aliphatic heterocycles. The zero-order valence-corrected chi connectivity index (χ0v) is 9.61. The molecule has 3 nitrogen and oxygen atoms in total. The highest BCUT2D eigenvalue weighted by Gasteiger charge is 2.00. The van der Waals surface area contributed by atoms with Gasteiger partial charge in [-0.3, -0.25) is 4.79 Å². The van der Waals surface area contributed by atoms with Gasteiger partial charge in [0.05, 0.1) is 6.26 Å². The van der Waals surface area contributed by atoms with Gasteiger partial charge in [-0.2, -0.15) is 0 Å². The van der Waals surface area contributed by atoms with Crippen molar-refractivity contribution in [1.29, 1.82) is 0 Å². The van der Waals surface area contributed by atoms with Crippen molar-refractivity contribution in [2.45, 2.75) is 0 Å². The molecule has 18 heavy (non-hydrogen) atoms. The molecule has 1 heterocycles. The zero-order valence-electron chi connectivity index (χ0n) is 9.61. The van der Waals surface area contributed by atoms with Gasteiger partial charge < -0.3 is 9.52 Å². The fourth-order valence-corrected chi connectivity index (χ4v) is 1.43. The van der Waals surface area contributed by atoms with Crippen LogP contribution in [0.1, 0.15) is 11.3 Å². The lowest BCUT2D eigenvalue weighted by molar-refractivity contribution is -0.110. The Bertz CT molecular complexity index is 563. The average molecular weight is 240 g/mol. The quantitative estimate of drug-likeness (QED) is 0.657. The summed E-state index contributed by atoms with van der Waals surface area (Å²) in [7, 11) is 0. The molecule has 90 valence electrons. The van der Waals surface area contributed by atoms with E-state index < -0.39 is 0 Å². The molecule has 3 heteroatoms. The van der Waals surface area contributed by atoms with Crippen LogP contribution in [0, 0.1) is 0 Å². The van der Waals surface area contributed by atoms with Crippen molar-refractivity contribution < 1.29 is 14.3 Å². The van der Waals surface area contributed by atoms with Crippen LogP contribution in [0.4, 0.5) is 0 Å². The first-order chi connectivity index (χ1) is 8.75. The van der Waals surface area contributed by atoms with Crippen LogP contribution >= 0.6 is 0 Å². The van der Waals surface area contributed by atoms with Crippen LogP contribution in [0.3, 0.4) is 0 Å². The van der Waals surface area contributed by atoms with Gasteiger partial charge in [-0.15, -0.1) is 0 Å². The van der Waals surface area contributed by atoms with Gasteiger partial charge in [-0.05, 0) is 24.3 Å². The third kappa shape index (κ3) is 3.22. The van der Waals surface area contributed by atoms with Crippen molar-refractivity contribution in [1.82, 2.24) is 0 Å². The number of carbonyl (C=O) groups excluding carboxylic acids is 1. The average Bonchev–Trinajstić information content (AvgIpc) is 2.90. The van der Waals surface area contributed by atoms with Gasteiger partial charge in [0.1, 0.15) is 11.5 Å². The first-order valence-electron chi connectivity index (χ1n) is 5.47. The molecule has 2 rings (SSSR count). The number of furan rings is 1. The maximum absolute atomic E-state index is 11.6. The van der Waals surface area contributed by atoms with Gasteiger partial charge in [-0.1, -0.05) is 30.3 Å². The number of hydrogen-bond acceptors (Lipinski definition) is 3. The number of carbonyl (C=O) groups is 1. The Balaban J connectivity index is 2.07. The Morgan fingerprint density at radius 1 is 1.11 bits per heavy atom. The van der Waals surface area contributed by atoms with Crippen molar-refractivity contribution in [2.75, 3.05) is 0 Å². The molecule has 2 aromatic rings. The molecule has 1 aromatic heterocycles. The van der Waals surface area contributed by atoms with Gasteiger partial charge in [0, 0.05) is 11.6 Å². The Morgan fingerprint density at radius 2 is 1.89 bits per heavy atom. The predicted molar refractivity (Wildman–Crippen MR) is 69.8 cm³/mol. The third-order valence-corrected chi connectivity index (χ3v) is 2.30. The standard InChI is InChI=1S/C15H12O3/c16-13(8-9-14-7-4-10-18-14)11-15(17)12-5-2-1-3-6-12/h1-11,17H/b9-8+,15-11-. The summed E-state index contributed by atoms with van der Waals surface area (Å²) in [5, 5.41) is 9.73. The molecule has 0 unspecified atom stereocenters. The zero-order chi connectivity index (χ0) is 12.8. The molecule has 0 saturated carbocycles. The van der Waals surface area contributed by atoms with Crippen molar-refractivity contribution >= 4 is 17.6 Å². The highest BCUT2D eigenvalue weighted by atomic mass is 16.3. The predicted octanol–water partition coefficient (Wildman–Crippen LogP) is 3.46. The summed E-state index contributed by atoms with van der Waals surface area (Å²) in [4.78, 5) is 11.6. The van der Waals surface area contributed by atoms with E-state index in [1.165, 1.54) is 18.4 Å². The molecule has 1 N–H and O–H groups in total. The number of aliphatic hydroxyl groups excluding tert-OH is 1. The highest BCUT2D eigenvalue weighted by Crippen LogP contribution is 2.10. The van der Waals surface area contributed by atoms with Gasteiger partial charge in [0.2, 0.25) is 0 Å². The first kappa shape index (κ1) is 11.9. The van der Waals surface area contributed by atoms with Crippen molar-refractivity contribution in [3.05, 3.63) is 72.2 Å². The van der Waals surface area contributed by atoms with Crippen LogP contribution < -0.4 is 0 Å². The summed E-state index contributed by atoms with van der Waals surface area (Å²) in [6.07, 6.45) is 5.60. The SMILES string of the molecule is O=C(/C=C(\O)c1ccccc1)/C=C/c1ccco1. The summed E-state index contributed by atoms with van der Waals surface area (Å²) in [6, 6.07) is 12.4. The molecule has 0 saturated heterocycles. The largest absolute Gasteiger partial charge is 0.507 e. The van der Waals surface area contributed by atoms with Crippen LogP contribution in [0.25, 0.3) is 11.8 Å². The second-order valence-electron chi connectivity index (χ2n) is 3.65. The van der Waals surface area contributed by atoms with Crippen LogP contribution in [-0.4, -0.2) is 10.9 Å². The third-order valence-electron chi connectivity index (χ3n) is 2.30. The van der Waals surface area contributed by atoms with Crippen molar-refractivity contribution in [2.24, 2.45) is 0 Å². The summed E-state index contributed by atoms with van der Waals surface area (Å²) in [6.45, 7) is 0. The molecule has 0 spiro atoms. The molecule has 0 bridgehead atoms. The van der Waals surface area contributed by atoms with E-state index >= 15 is 0 Å². The number of rotatable bonds is 4. The maximum atomic E-state index is 11.6. The van der Waals surface area contributed by atoms with Crippen LogP contribution in [0.2, 0.25) is 0 Å². The summed E-state index contributed by atoms with van der Waals surface area (Å²) < 4.78 is 5.05. The lowest BCUT2D eigenvalue weighted by Crippen LogP contribution is -1.90. The highest BCUT2D eigenvalue weighted by molar-refractivity contribution is 6.05. The van der Waals surface area contributed by atoms with E-state index in [4.69, 9.17) is 4.42 Å². The fourth-order valence-electron chi connectivity index (χ4n) is 1.43. The van der Waals surface area contributed by atoms with Gasteiger partial charge in [-0.25, -0.2) is 0 Å². The minimum Gasteiger partial charge on any atom is -0.507 e. The molecule has 0 aliphatic carbocycles. The second-order valence-corrected chi connectivity index (χ2v) is 3.65. The molecule has 0 fully saturated rings. The van der Waals surface area contributed by atoms with E-state index in [2.05, 4.69) is 0 Å². The van der Waals surface area contributed by atoms with Gasteiger partial charge in [0.15, 0.2) is 5.78 Å². The molecule has 1 aromatic carbocycles. The van der Waals surface area contributed by atoms with E-state index in [0.29, 0.717) is 11.3 Å².